The lowest BCUT2D eigenvalue weighted by atomic mass is 10.1. The van der Waals surface area contributed by atoms with Gasteiger partial charge in [-0.3, -0.25) is 9.59 Å². The van der Waals surface area contributed by atoms with E-state index in [0.717, 1.165) is 0 Å². The predicted molar refractivity (Wildman–Crippen MR) is 102 cm³/mol. The summed E-state index contributed by atoms with van der Waals surface area (Å²) < 4.78 is 29.4. The Kier molecular flexibility index (Phi) is 5.18. The van der Waals surface area contributed by atoms with Crippen molar-refractivity contribution >= 4 is 33.0 Å². The van der Waals surface area contributed by atoms with E-state index in [1.54, 1.807) is 31.2 Å². The van der Waals surface area contributed by atoms with Crippen LogP contribution in [-0.4, -0.2) is 38.6 Å². The molecule has 1 aliphatic heterocycles. The molecular formula is C19H20N2O5S. The summed E-state index contributed by atoms with van der Waals surface area (Å²) in [5.74, 6) is -0.127. The Hall–Kier alpha value is -2.87. The monoisotopic (exact) mass is 388 g/mol. The number of nitrogens with one attached hydrogen (secondary N) is 1. The van der Waals surface area contributed by atoms with Gasteiger partial charge in [0.05, 0.1) is 22.9 Å². The van der Waals surface area contributed by atoms with Gasteiger partial charge in [-0.25, -0.2) is 8.42 Å². The lowest BCUT2D eigenvalue weighted by Gasteiger charge is -2.33. The highest BCUT2D eigenvalue weighted by molar-refractivity contribution is 7.91. The molecule has 27 heavy (non-hydrogen) atoms. The summed E-state index contributed by atoms with van der Waals surface area (Å²) in [6.45, 7) is 3.11. The van der Waals surface area contributed by atoms with Crippen LogP contribution in [0.2, 0.25) is 0 Å². The molecule has 0 radical (unpaired) electrons. The van der Waals surface area contributed by atoms with Crippen LogP contribution in [0.15, 0.2) is 53.4 Å². The molecule has 0 bridgehead atoms. The molecule has 7 nitrogen and oxygen atoms in total. The number of fused-ring (bicyclic) bond motifs is 1. The van der Waals surface area contributed by atoms with E-state index in [9.17, 15) is 18.0 Å². The molecule has 1 unspecified atom stereocenters. The number of amides is 2. The number of anilines is 2. The molecule has 1 heterocycles. The first-order valence-electron chi connectivity index (χ1n) is 8.49. The molecule has 2 amide bonds. The van der Waals surface area contributed by atoms with Crippen LogP contribution < -0.4 is 15.0 Å². The number of carbonyl (C=O) groups excluding carboxylic acids is 2. The van der Waals surface area contributed by atoms with Crippen molar-refractivity contribution in [2.24, 2.45) is 0 Å². The van der Waals surface area contributed by atoms with E-state index in [1.165, 1.54) is 36.1 Å². The van der Waals surface area contributed by atoms with Crippen LogP contribution in [-0.2, 0) is 19.4 Å². The van der Waals surface area contributed by atoms with Crippen LogP contribution in [0, 0.1) is 0 Å². The molecular weight excluding hydrogens is 368 g/mol. The van der Waals surface area contributed by atoms with Gasteiger partial charge in [0, 0.05) is 12.6 Å². The number of hydrogen-bond acceptors (Lipinski definition) is 5. The van der Waals surface area contributed by atoms with Gasteiger partial charge in [-0.15, -0.1) is 0 Å². The summed E-state index contributed by atoms with van der Waals surface area (Å²) in [6, 6.07) is 13.0. The molecule has 0 aliphatic carbocycles. The van der Waals surface area contributed by atoms with Gasteiger partial charge in [-0.1, -0.05) is 19.1 Å². The van der Waals surface area contributed by atoms with E-state index in [1.807, 2.05) is 0 Å². The summed E-state index contributed by atoms with van der Waals surface area (Å²) in [4.78, 5) is 26.2. The fraction of sp³-hybridized carbons (Fsp3) is 0.263. The number of rotatable bonds is 4. The Morgan fingerprint density at radius 1 is 1.15 bits per heavy atom. The van der Waals surface area contributed by atoms with Gasteiger partial charge in [0.2, 0.25) is 5.91 Å². The van der Waals surface area contributed by atoms with Gasteiger partial charge in [0.15, 0.2) is 15.9 Å². The third-order valence-corrected chi connectivity index (χ3v) is 6.06. The van der Waals surface area contributed by atoms with Crippen LogP contribution in [0.5, 0.6) is 5.75 Å². The molecule has 3 rings (SSSR count). The van der Waals surface area contributed by atoms with E-state index in [0.29, 0.717) is 17.1 Å². The van der Waals surface area contributed by atoms with E-state index < -0.39 is 21.8 Å². The first kappa shape index (κ1) is 18.9. The van der Waals surface area contributed by atoms with Crippen molar-refractivity contribution in [3.8, 4) is 5.75 Å². The van der Waals surface area contributed by atoms with Crippen molar-refractivity contribution in [3.05, 3.63) is 48.5 Å². The van der Waals surface area contributed by atoms with Crippen molar-refractivity contribution in [2.75, 3.05) is 22.5 Å². The van der Waals surface area contributed by atoms with Crippen LogP contribution in [0.4, 0.5) is 11.4 Å². The number of para-hydroxylation sites is 2. The molecule has 8 heteroatoms. The SMILES string of the molecule is CCS(=O)(=O)c1ccc(NC(=O)C2CN(C(C)=O)c3ccccc3O2)cc1. The predicted octanol–water partition coefficient (Wildman–Crippen LogP) is 2.23. The maximum absolute atomic E-state index is 12.6. The average Bonchev–Trinajstić information content (AvgIpc) is 2.67. The first-order valence-corrected chi connectivity index (χ1v) is 10.1. The van der Waals surface area contributed by atoms with Gasteiger partial charge in [-0.05, 0) is 36.4 Å². The van der Waals surface area contributed by atoms with Crippen molar-refractivity contribution in [3.63, 3.8) is 0 Å². The number of ether oxygens (including phenoxy) is 1. The zero-order valence-electron chi connectivity index (χ0n) is 15.0. The minimum Gasteiger partial charge on any atom is -0.476 e. The molecule has 1 aliphatic rings. The molecule has 0 aromatic heterocycles. The Balaban J connectivity index is 1.76. The standard InChI is InChI=1S/C19H20N2O5S/c1-3-27(24,25)15-10-8-14(9-11-15)20-19(23)18-12-21(13(2)22)16-6-4-5-7-17(16)26-18/h4-11,18H,3,12H2,1-2H3,(H,20,23). The second kappa shape index (κ2) is 7.40. The van der Waals surface area contributed by atoms with E-state index in [-0.39, 0.29) is 23.1 Å². The van der Waals surface area contributed by atoms with Gasteiger partial charge < -0.3 is 15.0 Å². The summed E-state index contributed by atoms with van der Waals surface area (Å²) in [7, 11) is -3.30. The summed E-state index contributed by atoms with van der Waals surface area (Å²) in [5, 5.41) is 2.70. The van der Waals surface area contributed by atoms with E-state index in [2.05, 4.69) is 5.32 Å². The Bertz CT molecular complexity index is 970. The zero-order valence-corrected chi connectivity index (χ0v) is 15.8. The first-order chi connectivity index (χ1) is 12.8. The van der Waals surface area contributed by atoms with Crippen molar-refractivity contribution in [1.82, 2.24) is 0 Å². The number of nitrogens with zero attached hydrogens (tertiary/aromatic N) is 1. The van der Waals surface area contributed by atoms with Crippen LogP contribution in [0.3, 0.4) is 0 Å². The molecule has 1 N–H and O–H groups in total. The molecule has 1 atom stereocenters. The third kappa shape index (κ3) is 3.95. The van der Waals surface area contributed by atoms with E-state index in [4.69, 9.17) is 4.74 Å². The number of sulfone groups is 1. The highest BCUT2D eigenvalue weighted by Gasteiger charge is 2.32. The number of hydrogen-bond donors (Lipinski definition) is 1. The Morgan fingerprint density at radius 3 is 2.44 bits per heavy atom. The van der Waals surface area contributed by atoms with Crippen molar-refractivity contribution in [2.45, 2.75) is 24.8 Å². The molecule has 2 aromatic rings. The Morgan fingerprint density at radius 2 is 1.81 bits per heavy atom. The summed E-state index contributed by atoms with van der Waals surface area (Å²) in [5.41, 5.74) is 1.08. The van der Waals surface area contributed by atoms with Crippen molar-refractivity contribution in [1.29, 1.82) is 0 Å². The number of benzene rings is 2. The third-order valence-electron chi connectivity index (χ3n) is 4.31. The van der Waals surface area contributed by atoms with Gasteiger partial charge in [0.25, 0.3) is 5.91 Å². The summed E-state index contributed by atoms with van der Waals surface area (Å²) in [6.07, 6.45) is -0.872. The molecule has 0 spiro atoms. The largest absolute Gasteiger partial charge is 0.476 e. The second-order valence-electron chi connectivity index (χ2n) is 6.12. The highest BCUT2D eigenvalue weighted by Crippen LogP contribution is 2.33. The molecule has 0 fully saturated rings. The topological polar surface area (TPSA) is 92.8 Å². The summed E-state index contributed by atoms with van der Waals surface area (Å²) >= 11 is 0. The minimum absolute atomic E-state index is 0.00884. The van der Waals surface area contributed by atoms with Crippen LogP contribution in [0.1, 0.15) is 13.8 Å². The molecule has 0 saturated carbocycles. The Labute approximate surface area is 157 Å². The lowest BCUT2D eigenvalue weighted by Crippen LogP contribution is -2.48. The van der Waals surface area contributed by atoms with Crippen LogP contribution >= 0.6 is 0 Å². The minimum atomic E-state index is -3.30. The maximum atomic E-state index is 12.6. The smallest absolute Gasteiger partial charge is 0.267 e. The fourth-order valence-corrected chi connectivity index (χ4v) is 3.69. The van der Waals surface area contributed by atoms with Gasteiger partial charge >= 0.3 is 0 Å². The lowest BCUT2D eigenvalue weighted by molar-refractivity contribution is -0.123. The van der Waals surface area contributed by atoms with Crippen LogP contribution in [0.25, 0.3) is 0 Å². The van der Waals surface area contributed by atoms with Gasteiger partial charge in [-0.2, -0.15) is 0 Å². The molecule has 0 saturated heterocycles. The zero-order chi connectivity index (χ0) is 19.6. The highest BCUT2D eigenvalue weighted by atomic mass is 32.2. The maximum Gasteiger partial charge on any atom is 0.267 e. The quantitative estimate of drug-likeness (QED) is 0.867. The second-order valence-corrected chi connectivity index (χ2v) is 8.40. The van der Waals surface area contributed by atoms with Gasteiger partial charge in [0.1, 0.15) is 5.75 Å². The van der Waals surface area contributed by atoms with Crippen molar-refractivity contribution < 1.29 is 22.7 Å². The molecule has 2 aromatic carbocycles. The van der Waals surface area contributed by atoms with E-state index >= 15 is 0 Å². The number of carbonyl (C=O) groups is 2. The average molecular weight is 388 g/mol. The normalized spacial score (nSPS) is 16.2. The fourth-order valence-electron chi connectivity index (χ4n) is 2.80. The molecule has 142 valence electrons.